The van der Waals surface area contributed by atoms with Gasteiger partial charge in [-0.25, -0.2) is 4.98 Å². The molecule has 1 aromatic carbocycles. The van der Waals surface area contributed by atoms with E-state index in [-0.39, 0.29) is 0 Å². The van der Waals surface area contributed by atoms with Crippen molar-refractivity contribution in [2.24, 2.45) is 11.8 Å². The van der Waals surface area contributed by atoms with E-state index in [2.05, 4.69) is 38.2 Å². The van der Waals surface area contributed by atoms with Crippen molar-refractivity contribution < 1.29 is 4.21 Å². The molecule has 1 aliphatic carbocycles. The molecule has 8 nitrogen and oxygen atoms in total. The van der Waals surface area contributed by atoms with Crippen molar-refractivity contribution in [3.63, 3.8) is 0 Å². The van der Waals surface area contributed by atoms with Gasteiger partial charge in [-0.15, -0.1) is 10.2 Å². The van der Waals surface area contributed by atoms with Crippen LogP contribution in [-0.2, 0) is 30.1 Å². The first-order valence-electron chi connectivity index (χ1n) is 11.0. The Bertz CT molecular complexity index is 1200. The molecule has 0 bridgehead atoms. The molecule has 0 spiro atoms. The van der Waals surface area contributed by atoms with Gasteiger partial charge in [0.15, 0.2) is 5.82 Å². The zero-order valence-corrected chi connectivity index (χ0v) is 18.0. The molecule has 2 fully saturated rings. The maximum absolute atomic E-state index is 12.6. The van der Waals surface area contributed by atoms with Crippen LogP contribution in [0, 0.1) is 11.8 Å². The fourth-order valence-corrected chi connectivity index (χ4v) is 6.89. The second-order valence-electron chi connectivity index (χ2n) is 9.07. The number of aromatic nitrogens is 5. The van der Waals surface area contributed by atoms with E-state index in [0.717, 1.165) is 49.1 Å². The van der Waals surface area contributed by atoms with Crippen LogP contribution in [0.3, 0.4) is 0 Å². The molecule has 7 rings (SSSR count). The molecule has 2 saturated heterocycles. The van der Waals surface area contributed by atoms with Crippen LogP contribution in [0.1, 0.15) is 16.8 Å². The molecule has 3 aliphatic heterocycles. The largest absolute Gasteiger partial charge is 0.371 e. The van der Waals surface area contributed by atoms with Gasteiger partial charge >= 0.3 is 0 Å². The lowest BCUT2D eigenvalue weighted by atomic mass is 9.88. The average molecular weight is 434 g/mol. The molecule has 3 atom stereocenters. The number of hydrogen-bond donors (Lipinski definition) is 0. The van der Waals surface area contributed by atoms with Crippen molar-refractivity contribution in [1.82, 2.24) is 24.7 Å². The van der Waals surface area contributed by atoms with Gasteiger partial charge in [-0.2, -0.15) is 4.98 Å². The number of fused-ring (bicyclic) bond motifs is 3. The summed E-state index contributed by atoms with van der Waals surface area (Å²) < 4.78 is 14.3. The van der Waals surface area contributed by atoms with E-state index < -0.39 is 10.8 Å². The number of benzene rings is 1. The molecule has 5 heterocycles. The van der Waals surface area contributed by atoms with E-state index >= 15 is 0 Å². The normalized spacial score (nSPS) is 26.0. The highest BCUT2D eigenvalue weighted by Gasteiger charge is 2.41. The second-order valence-corrected chi connectivity index (χ2v) is 10.6. The van der Waals surface area contributed by atoms with Crippen molar-refractivity contribution in [2.45, 2.75) is 24.2 Å². The van der Waals surface area contributed by atoms with Crippen molar-refractivity contribution in [1.29, 1.82) is 0 Å². The van der Waals surface area contributed by atoms with Gasteiger partial charge in [0.05, 0.1) is 16.5 Å². The molecule has 0 radical (unpaired) electrons. The van der Waals surface area contributed by atoms with E-state index in [1.165, 1.54) is 29.7 Å². The predicted octanol–water partition coefficient (Wildman–Crippen LogP) is 1.39. The second kappa shape index (κ2) is 6.59. The average Bonchev–Trinajstić information content (AvgIpc) is 3.52. The zero-order valence-electron chi connectivity index (χ0n) is 17.1. The quantitative estimate of drug-likeness (QED) is 0.618. The molecular weight excluding hydrogens is 410 g/mol. The van der Waals surface area contributed by atoms with Crippen molar-refractivity contribution in [3.05, 3.63) is 47.7 Å². The Hall–Kier alpha value is -2.81. The first-order valence-corrected chi connectivity index (χ1v) is 12.3. The molecular formula is C22H23N7OS. The van der Waals surface area contributed by atoms with E-state index in [4.69, 9.17) is 9.97 Å². The Balaban J connectivity index is 1.15. The molecule has 0 saturated carbocycles. The van der Waals surface area contributed by atoms with E-state index in [1.807, 2.05) is 0 Å². The smallest absolute Gasteiger partial charge is 0.227 e. The molecule has 2 aromatic heterocycles. The van der Waals surface area contributed by atoms with Gasteiger partial charge in [-0.1, -0.05) is 6.07 Å². The van der Waals surface area contributed by atoms with Gasteiger partial charge in [-0.3, -0.25) is 8.78 Å². The fraction of sp³-hybridized carbons (Fsp3) is 0.455. The Morgan fingerprint density at radius 1 is 0.871 bits per heavy atom. The summed E-state index contributed by atoms with van der Waals surface area (Å²) in [7, 11) is -1.06. The van der Waals surface area contributed by atoms with Crippen LogP contribution >= 0.6 is 0 Å². The van der Waals surface area contributed by atoms with Gasteiger partial charge in [0.2, 0.25) is 5.95 Å². The maximum Gasteiger partial charge on any atom is 0.227 e. The van der Waals surface area contributed by atoms with Crippen LogP contribution in [0.2, 0.25) is 0 Å². The molecule has 0 amide bonds. The minimum atomic E-state index is -1.06. The lowest BCUT2D eigenvalue weighted by molar-refractivity contribution is 0.533. The monoisotopic (exact) mass is 433 g/mol. The van der Waals surface area contributed by atoms with Crippen molar-refractivity contribution in [2.75, 3.05) is 41.7 Å². The van der Waals surface area contributed by atoms with Gasteiger partial charge in [0.1, 0.15) is 17.6 Å². The zero-order chi connectivity index (χ0) is 20.5. The summed E-state index contributed by atoms with van der Waals surface area (Å²) >= 11 is 0. The molecule has 3 aromatic rings. The third-order valence-electron chi connectivity index (χ3n) is 7.31. The molecule has 9 heteroatoms. The topological polar surface area (TPSA) is 80.0 Å². The van der Waals surface area contributed by atoms with Crippen LogP contribution < -0.4 is 9.80 Å². The summed E-state index contributed by atoms with van der Waals surface area (Å²) in [6, 6.07) is 7.00. The first-order chi connectivity index (χ1) is 15.2. The third kappa shape index (κ3) is 2.75. The number of anilines is 2. The summed E-state index contributed by atoms with van der Waals surface area (Å²) in [4.78, 5) is 15.3. The first kappa shape index (κ1) is 17.8. The number of nitrogens with zero attached hydrogens (tertiary/aromatic N) is 7. The Labute approximate surface area is 182 Å². The summed E-state index contributed by atoms with van der Waals surface area (Å²) in [5, 5.41) is 7.82. The molecule has 158 valence electrons. The lowest BCUT2D eigenvalue weighted by Crippen LogP contribution is -2.30. The Morgan fingerprint density at radius 2 is 1.61 bits per heavy atom. The number of rotatable bonds is 3. The minimum absolute atomic E-state index is 0.615. The van der Waals surface area contributed by atoms with E-state index in [0.29, 0.717) is 23.4 Å². The standard InChI is InChI=1S/C22H23N7OS/c30-31-6-5-19-20(31)21(29-12-23-24-13-29)26-22(25-19)28-10-16-8-27(9-17(16)11-28)18-4-3-14-1-2-15(14)7-18/h3-4,7,12-13,16-17H,1-2,5-6,8-11H2/t16?,17?,31-/m0/s1. The fourth-order valence-electron chi connectivity index (χ4n) is 5.54. The third-order valence-corrected chi connectivity index (χ3v) is 8.76. The van der Waals surface area contributed by atoms with Crippen LogP contribution in [-0.4, -0.2) is 60.9 Å². The van der Waals surface area contributed by atoms with Crippen LogP contribution in [0.25, 0.3) is 5.82 Å². The Morgan fingerprint density at radius 3 is 2.32 bits per heavy atom. The lowest BCUT2D eigenvalue weighted by Gasteiger charge is -2.26. The van der Waals surface area contributed by atoms with Gasteiger partial charge in [0.25, 0.3) is 0 Å². The minimum Gasteiger partial charge on any atom is -0.371 e. The Kier molecular flexibility index (Phi) is 3.79. The summed E-state index contributed by atoms with van der Waals surface area (Å²) in [6.45, 7) is 4.12. The highest BCUT2D eigenvalue weighted by Crippen LogP contribution is 2.38. The van der Waals surface area contributed by atoms with Crippen molar-refractivity contribution in [3.8, 4) is 5.82 Å². The van der Waals surface area contributed by atoms with Gasteiger partial charge in [-0.05, 0) is 36.1 Å². The summed E-state index contributed by atoms with van der Waals surface area (Å²) in [6.07, 6.45) is 6.44. The van der Waals surface area contributed by atoms with Crippen LogP contribution in [0.4, 0.5) is 11.6 Å². The molecule has 2 unspecified atom stereocenters. The molecule has 31 heavy (non-hydrogen) atoms. The predicted molar refractivity (Wildman–Crippen MR) is 117 cm³/mol. The summed E-state index contributed by atoms with van der Waals surface area (Å²) in [5.41, 5.74) is 5.34. The highest BCUT2D eigenvalue weighted by molar-refractivity contribution is 7.85. The van der Waals surface area contributed by atoms with Crippen LogP contribution in [0.15, 0.2) is 35.7 Å². The van der Waals surface area contributed by atoms with E-state index in [1.54, 1.807) is 17.2 Å². The van der Waals surface area contributed by atoms with Gasteiger partial charge in [0, 0.05) is 55.9 Å². The van der Waals surface area contributed by atoms with Gasteiger partial charge < -0.3 is 9.80 Å². The maximum atomic E-state index is 12.6. The number of hydrogen-bond acceptors (Lipinski definition) is 7. The van der Waals surface area contributed by atoms with E-state index in [9.17, 15) is 4.21 Å². The SMILES string of the molecule is O=[S@]1CCc2nc(N3CC4CN(c5ccc6c(c5)CC6)CC4C3)nc(-n3cnnc3)c21. The summed E-state index contributed by atoms with van der Waals surface area (Å²) in [5.74, 6) is 3.28. The molecule has 4 aliphatic rings. The number of aryl methyl sites for hydroxylation is 3. The molecule has 0 N–H and O–H groups in total. The highest BCUT2D eigenvalue weighted by atomic mass is 32.2. The van der Waals surface area contributed by atoms with Crippen molar-refractivity contribution >= 4 is 22.4 Å². The van der Waals surface area contributed by atoms with Crippen LogP contribution in [0.5, 0.6) is 0 Å².